The molecule has 1 aliphatic heterocycles. The van der Waals surface area contributed by atoms with E-state index in [0.29, 0.717) is 17.1 Å². The fourth-order valence-electron chi connectivity index (χ4n) is 4.38. The minimum atomic E-state index is -1.13. The number of aromatic nitrogens is 3. The molecule has 3 aromatic heterocycles. The minimum absolute atomic E-state index is 0. The van der Waals surface area contributed by atoms with Crippen molar-refractivity contribution < 1.29 is 19.1 Å². The minimum Gasteiger partial charge on any atom is -0.496 e. The summed E-state index contributed by atoms with van der Waals surface area (Å²) in [6, 6.07) is 8.35. The fourth-order valence-corrected chi connectivity index (χ4v) is 4.38. The van der Waals surface area contributed by atoms with Gasteiger partial charge in [-0.25, -0.2) is 14.8 Å². The summed E-state index contributed by atoms with van der Waals surface area (Å²) in [7, 11) is 3.88. The summed E-state index contributed by atoms with van der Waals surface area (Å²) in [5.41, 5.74) is 4.38. The lowest BCUT2D eigenvalue weighted by molar-refractivity contribution is 0.0690. The average Bonchev–Trinajstić information content (AvgIpc) is 3.46. The van der Waals surface area contributed by atoms with Gasteiger partial charge in [-0.3, -0.25) is 0 Å². The second kappa shape index (κ2) is 9.25. The first-order valence-electron chi connectivity index (χ1n) is 10.6. The molecule has 2 N–H and O–H groups in total. The first-order chi connectivity index (χ1) is 15.5. The number of aromatic carboxylic acids is 1. The summed E-state index contributed by atoms with van der Waals surface area (Å²) in [6.45, 7) is 2.19. The van der Waals surface area contributed by atoms with Crippen LogP contribution >= 0.6 is 12.4 Å². The Morgan fingerprint density at radius 2 is 2.03 bits per heavy atom. The third kappa shape index (κ3) is 4.31. The van der Waals surface area contributed by atoms with Crippen LogP contribution in [-0.2, 0) is 0 Å². The Morgan fingerprint density at radius 3 is 2.73 bits per heavy atom. The van der Waals surface area contributed by atoms with E-state index in [4.69, 9.17) is 14.3 Å². The van der Waals surface area contributed by atoms with Gasteiger partial charge in [-0.2, -0.15) is 0 Å². The number of nitrogens with zero attached hydrogens (tertiary/aromatic N) is 3. The Bertz CT molecular complexity index is 1290. The number of hydrogen-bond donors (Lipinski definition) is 2. The van der Waals surface area contributed by atoms with Gasteiger partial charge in [0.05, 0.1) is 12.7 Å². The SMILES string of the molecule is COc1cc(-c2cnc3[nH]cc(-c4nc(C(=O)O)co4)c3c2)ccc1C1CCN(C)CC1.Cl. The van der Waals surface area contributed by atoms with Crippen molar-refractivity contribution in [1.82, 2.24) is 19.9 Å². The van der Waals surface area contributed by atoms with Crippen molar-refractivity contribution in [2.24, 2.45) is 0 Å². The van der Waals surface area contributed by atoms with E-state index in [-0.39, 0.29) is 24.0 Å². The molecule has 0 aliphatic carbocycles. The van der Waals surface area contributed by atoms with Gasteiger partial charge < -0.3 is 24.1 Å². The number of H-pyrrole nitrogens is 1. The molecular weight excluding hydrogens is 444 g/mol. The molecule has 0 atom stereocenters. The predicted octanol–water partition coefficient (Wildman–Crippen LogP) is 4.82. The lowest BCUT2D eigenvalue weighted by Gasteiger charge is -2.30. The Kier molecular flexibility index (Phi) is 6.40. The lowest BCUT2D eigenvalue weighted by atomic mass is 9.88. The number of likely N-dealkylation sites (tertiary alicyclic amines) is 1. The Morgan fingerprint density at radius 1 is 1.24 bits per heavy atom. The number of carboxylic acids is 1. The van der Waals surface area contributed by atoms with Gasteiger partial charge in [-0.1, -0.05) is 12.1 Å². The first kappa shape index (κ1) is 22.8. The van der Waals surface area contributed by atoms with Crippen LogP contribution in [-0.4, -0.2) is 58.2 Å². The van der Waals surface area contributed by atoms with E-state index in [9.17, 15) is 4.79 Å². The zero-order chi connectivity index (χ0) is 22.2. The zero-order valence-corrected chi connectivity index (χ0v) is 19.2. The van der Waals surface area contributed by atoms with Crippen LogP contribution in [0.15, 0.2) is 47.3 Å². The van der Waals surface area contributed by atoms with Gasteiger partial charge in [-0.15, -0.1) is 12.4 Å². The number of fused-ring (bicyclic) bond motifs is 1. The number of benzene rings is 1. The molecule has 4 heterocycles. The molecule has 33 heavy (non-hydrogen) atoms. The topological polar surface area (TPSA) is 104 Å². The van der Waals surface area contributed by atoms with Crippen LogP contribution < -0.4 is 4.74 Å². The van der Waals surface area contributed by atoms with E-state index < -0.39 is 5.97 Å². The second-order valence-electron chi connectivity index (χ2n) is 8.20. The van der Waals surface area contributed by atoms with Crippen molar-refractivity contribution in [2.75, 3.05) is 27.2 Å². The third-order valence-electron chi connectivity index (χ3n) is 6.21. The molecule has 4 aromatic rings. The maximum Gasteiger partial charge on any atom is 0.357 e. The molecule has 5 rings (SSSR count). The highest BCUT2D eigenvalue weighted by Crippen LogP contribution is 2.37. The van der Waals surface area contributed by atoms with Gasteiger partial charge in [0.2, 0.25) is 5.89 Å². The van der Waals surface area contributed by atoms with Crippen LogP contribution in [0.25, 0.3) is 33.6 Å². The number of methoxy groups -OCH3 is 1. The van der Waals surface area contributed by atoms with Gasteiger partial charge in [0, 0.05) is 23.3 Å². The quantitative estimate of drug-likeness (QED) is 0.432. The number of carboxylic acid groups (broad SMARTS) is 1. The number of piperidine rings is 1. The zero-order valence-electron chi connectivity index (χ0n) is 18.4. The predicted molar refractivity (Wildman–Crippen MR) is 127 cm³/mol. The molecule has 0 saturated carbocycles. The van der Waals surface area contributed by atoms with Gasteiger partial charge in [-0.05, 0) is 62.2 Å². The maximum atomic E-state index is 11.1. The number of rotatable bonds is 5. The monoisotopic (exact) mass is 468 g/mol. The van der Waals surface area contributed by atoms with Crippen molar-refractivity contribution in [3.63, 3.8) is 0 Å². The van der Waals surface area contributed by atoms with E-state index in [2.05, 4.69) is 45.1 Å². The number of pyridine rings is 1. The van der Waals surface area contributed by atoms with E-state index in [0.717, 1.165) is 54.5 Å². The molecule has 172 valence electrons. The van der Waals surface area contributed by atoms with Crippen molar-refractivity contribution in [3.8, 4) is 28.3 Å². The summed E-state index contributed by atoms with van der Waals surface area (Å²) in [6.07, 6.45) is 6.93. The number of nitrogens with one attached hydrogen (secondary N) is 1. The molecule has 0 spiro atoms. The fraction of sp³-hybridized carbons (Fsp3) is 0.292. The highest BCUT2D eigenvalue weighted by atomic mass is 35.5. The largest absolute Gasteiger partial charge is 0.496 e. The molecule has 0 bridgehead atoms. The molecule has 1 fully saturated rings. The van der Waals surface area contributed by atoms with E-state index in [1.54, 1.807) is 13.3 Å². The summed E-state index contributed by atoms with van der Waals surface area (Å²) < 4.78 is 11.1. The standard InChI is InChI=1S/C24H24N4O4.ClH/c1-28-7-5-14(6-8-28)17-4-3-15(10-21(17)31-2)16-9-18-19(12-26-22(18)25-11-16)23-27-20(13-32-23)24(29)30;/h3-4,9-14H,5-8H2,1-2H3,(H,25,26)(H,29,30);1H. The second-order valence-corrected chi connectivity index (χ2v) is 8.20. The number of hydrogen-bond acceptors (Lipinski definition) is 6. The highest BCUT2D eigenvalue weighted by molar-refractivity contribution is 5.94. The third-order valence-corrected chi connectivity index (χ3v) is 6.21. The van der Waals surface area contributed by atoms with E-state index in [1.165, 1.54) is 5.56 Å². The summed E-state index contributed by atoms with van der Waals surface area (Å²) in [5, 5.41) is 9.93. The molecule has 0 unspecified atom stereocenters. The first-order valence-corrected chi connectivity index (χ1v) is 10.6. The Labute approximate surface area is 197 Å². The number of ether oxygens (including phenoxy) is 1. The average molecular weight is 469 g/mol. The molecule has 8 nitrogen and oxygen atoms in total. The van der Waals surface area contributed by atoms with Crippen LogP contribution in [0.1, 0.15) is 34.8 Å². The molecule has 1 aromatic carbocycles. The molecule has 9 heteroatoms. The number of oxazole rings is 1. The maximum absolute atomic E-state index is 11.1. The van der Waals surface area contributed by atoms with E-state index in [1.807, 2.05) is 12.3 Å². The van der Waals surface area contributed by atoms with E-state index >= 15 is 0 Å². The summed E-state index contributed by atoms with van der Waals surface area (Å²) in [4.78, 5) is 25.2. The van der Waals surface area contributed by atoms with Gasteiger partial charge in [0.1, 0.15) is 17.7 Å². The van der Waals surface area contributed by atoms with Crippen molar-refractivity contribution in [2.45, 2.75) is 18.8 Å². The van der Waals surface area contributed by atoms with Crippen LogP contribution in [0.4, 0.5) is 0 Å². The van der Waals surface area contributed by atoms with Crippen LogP contribution in [0.2, 0.25) is 0 Å². The van der Waals surface area contributed by atoms with Gasteiger partial charge in [0.25, 0.3) is 0 Å². The number of carbonyl (C=O) groups is 1. The molecule has 0 amide bonds. The lowest BCUT2D eigenvalue weighted by Crippen LogP contribution is -2.29. The number of halogens is 1. The van der Waals surface area contributed by atoms with Crippen molar-refractivity contribution in [1.29, 1.82) is 0 Å². The molecular formula is C24H25ClN4O4. The smallest absolute Gasteiger partial charge is 0.357 e. The summed E-state index contributed by atoms with van der Waals surface area (Å²) >= 11 is 0. The molecule has 0 radical (unpaired) electrons. The van der Waals surface area contributed by atoms with Crippen LogP contribution in [0.5, 0.6) is 5.75 Å². The normalized spacial score (nSPS) is 14.8. The highest BCUT2D eigenvalue weighted by Gasteiger charge is 2.22. The molecule has 1 aliphatic rings. The van der Waals surface area contributed by atoms with Gasteiger partial charge in [0.15, 0.2) is 5.69 Å². The van der Waals surface area contributed by atoms with Gasteiger partial charge >= 0.3 is 5.97 Å². The Hall–Kier alpha value is -3.36. The van der Waals surface area contributed by atoms with Crippen molar-refractivity contribution >= 4 is 29.4 Å². The Balaban J connectivity index is 0.00000259. The molecule has 1 saturated heterocycles. The van der Waals surface area contributed by atoms with Crippen LogP contribution in [0, 0.1) is 0 Å². The summed E-state index contributed by atoms with van der Waals surface area (Å²) in [5.74, 6) is 0.504. The van der Waals surface area contributed by atoms with Crippen molar-refractivity contribution in [3.05, 3.63) is 54.2 Å². The number of aromatic amines is 1. The van der Waals surface area contributed by atoms with Crippen LogP contribution in [0.3, 0.4) is 0 Å².